The second-order valence-corrected chi connectivity index (χ2v) is 1.47. The fourth-order valence-electron chi connectivity index (χ4n) is 0.440. The second-order valence-electron chi connectivity index (χ2n) is 1.47. The molecule has 0 radical (unpaired) electrons. The van der Waals surface area contributed by atoms with E-state index in [4.69, 9.17) is 0 Å². The van der Waals surface area contributed by atoms with Gasteiger partial charge in [0.2, 0.25) is 0 Å². The van der Waals surface area contributed by atoms with Crippen molar-refractivity contribution in [3.63, 3.8) is 0 Å². The molecule has 0 atom stereocenters. The molecule has 1 aliphatic rings. The Morgan fingerprint density at radius 3 is 1.20 bits per heavy atom. The van der Waals surface area contributed by atoms with E-state index < -0.39 is 0 Å². The van der Waals surface area contributed by atoms with Gasteiger partial charge in [0.25, 0.3) is 0 Å². The van der Waals surface area contributed by atoms with E-state index in [1.54, 1.807) is 0 Å². The first-order valence-corrected chi connectivity index (χ1v) is 2.23. The molecule has 4 heteroatoms. The van der Waals surface area contributed by atoms with E-state index in [-0.39, 0.29) is 46.6 Å². The molecule has 0 unspecified atom stereocenters. The summed E-state index contributed by atoms with van der Waals surface area (Å²) in [7, 11) is 0. The summed E-state index contributed by atoms with van der Waals surface area (Å²) in [5, 5.41) is 0. The summed E-state index contributed by atoms with van der Waals surface area (Å²) in [6.45, 7) is 0. The van der Waals surface area contributed by atoms with Crippen LogP contribution in [-0.4, -0.2) is 17.0 Å². The van der Waals surface area contributed by atoms with Gasteiger partial charge in [0, 0.05) is 0 Å². The molecule has 0 amide bonds. The number of ketones is 2. The largest absolute Gasteiger partial charge is 1.00 e. The summed E-state index contributed by atoms with van der Waals surface area (Å²) in [5.74, 6) is -0.241. The van der Waals surface area contributed by atoms with Crippen LogP contribution in [0.1, 0.15) is 0 Å². The Morgan fingerprint density at radius 1 is 0.800 bits per heavy atom. The van der Waals surface area contributed by atoms with E-state index in [0.29, 0.717) is 0 Å². The smallest absolute Gasteiger partial charge is 0.870 e. The average molecular weight is 148 g/mol. The fraction of sp³-hybridized carbons (Fsp3) is 0. The van der Waals surface area contributed by atoms with Gasteiger partial charge < -0.3 is 5.48 Å². The zero-order valence-corrected chi connectivity index (χ0v) is 7.57. The Hall–Kier alpha value is -0.220. The molecule has 0 aromatic heterocycles. The summed E-state index contributed by atoms with van der Waals surface area (Å²) < 4.78 is 0. The molecule has 0 saturated heterocycles. The molecule has 3 nitrogen and oxygen atoms in total. The summed E-state index contributed by atoms with van der Waals surface area (Å²) in [5.41, 5.74) is 0. The number of hydrogen-bond acceptors (Lipinski definition) is 3. The van der Waals surface area contributed by atoms with Crippen molar-refractivity contribution in [3.8, 4) is 0 Å². The van der Waals surface area contributed by atoms with E-state index in [9.17, 15) is 9.59 Å². The maximum absolute atomic E-state index is 10.3. The first-order chi connectivity index (χ1) is 3.79. The second kappa shape index (κ2) is 5.56. The zero-order valence-electron chi connectivity index (χ0n) is 5.57. The molecule has 48 valence electrons. The minimum atomic E-state index is -0.121. The number of rotatable bonds is 0. The molecule has 0 aliphatic heterocycles. The third-order valence-electron chi connectivity index (χ3n) is 0.824. The molecule has 0 fully saturated rings. The van der Waals surface area contributed by atoms with Gasteiger partial charge in [0.1, 0.15) is 0 Å². The van der Waals surface area contributed by atoms with Gasteiger partial charge >= 0.3 is 29.6 Å². The van der Waals surface area contributed by atoms with Crippen molar-refractivity contribution in [3.05, 3.63) is 24.3 Å². The monoisotopic (exact) mass is 148 g/mol. The minimum absolute atomic E-state index is 0. The summed E-state index contributed by atoms with van der Waals surface area (Å²) in [6, 6.07) is 0. The van der Waals surface area contributed by atoms with E-state index in [1.807, 2.05) is 0 Å². The number of carbonyl (C=O) groups is 2. The molecule has 0 heterocycles. The van der Waals surface area contributed by atoms with Crippen LogP contribution in [0.15, 0.2) is 24.3 Å². The van der Waals surface area contributed by atoms with Crippen LogP contribution in [0.5, 0.6) is 0 Å². The van der Waals surface area contributed by atoms with Gasteiger partial charge in [0.05, 0.1) is 0 Å². The van der Waals surface area contributed by atoms with Gasteiger partial charge in [-0.2, -0.15) is 0 Å². The molecule has 1 rings (SSSR count). The summed E-state index contributed by atoms with van der Waals surface area (Å²) in [6.07, 6.45) is 5.01. The molecule has 0 bridgehead atoms. The van der Waals surface area contributed by atoms with Crippen molar-refractivity contribution in [2.75, 3.05) is 0 Å². The van der Waals surface area contributed by atoms with Gasteiger partial charge in [0.15, 0.2) is 11.6 Å². The predicted octanol–water partition coefficient (Wildman–Crippen LogP) is -2.92. The number of allylic oxidation sites excluding steroid dienone is 4. The maximum atomic E-state index is 10.3. The Kier molecular flexibility index (Phi) is 6.92. The predicted molar refractivity (Wildman–Crippen MR) is 30.2 cm³/mol. The van der Waals surface area contributed by atoms with Gasteiger partial charge in [-0.1, -0.05) is 0 Å². The average Bonchev–Trinajstić information content (AvgIpc) is 1.77. The van der Waals surface area contributed by atoms with Crippen molar-refractivity contribution < 1.29 is 44.6 Å². The molecule has 0 aromatic carbocycles. The molecular weight excluding hydrogens is 143 g/mol. The van der Waals surface area contributed by atoms with Crippen LogP contribution < -0.4 is 29.6 Å². The molecule has 0 aromatic rings. The van der Waals surface area contributed by atoms with Crippen molar-refractivity contribution in [1.82, 2.24) is 0 Å². The van der Waals surface area contributed by atoms with Gasteiger partial charge in [-0.15, -0.1) is 0 Å². The first kappa shape index (κ1) is 12.5. The van der Waals surface area contributed by atoms with E-state index in [2.05, 4.69) is 0 Å². The van der Waals surface area contributed by atoms with Crippen LogP contribution in [0, 0.1) is 0 Å². The van der Waals surface area contributed by atoms with Gasteiger partial charge in [-0.3, -0.25) is 9.59 Å². The SMILES string of the molecule is O=C1C=CC(=O)C=C1.[Na+].[OH-]. The Labute approximate surface area is 80.4 Å². The standard InChI is InChI=1S/C6H4O2.Na.H2O/c7-5-1-2-6(8)4-3-5;;/h1-4H;;1H2/q;+1;/p-1. The van der Waals surface area contributed by atoms with Crippen molar-refractivity contribution in [1.29, 1.82) is 0 Å². The van der Waals surface area contributed by atoms with E-state index in [1.165, 1.54) is 24.3 Å². The van der Waals surface area contributed by atoms with Crippen molar-refractivity contribution in [2.24, 2.45) is 0 Å². The molecule has 1 aliphatic carbocycles. The first-order valence-electron chi connectivity index (χ1n) is 2.23. The van der Waals surface area contributed by atoms with Crippen LogP contribution in [0.4, 0.5) is 0 Å². The zero-order chi connectivity index (χ0) is 5.98. The van der Waals surface area contributed by atoms with Gasteiger partial charge in [-0.25, -0.2) is 0 Å². The molecule has 0 spiro atoms. The van der Waals surface area contributed by atoms with Crippen molar-refractivity contribution in [2.45, 2.75) is 0 Å². The Bertz CT molecular complexity index is 155. The summed E-state index contributed by atoms with van der Waals surface area (Å²) >= 11 is 0. The molecule has 0 saturated carbocycles. The molecular formula is C6H5NaO3. The van der Waals surface area contributed by atoms with Crippen LogP contribution in [0.25, 0.3) is 0 Å². The van der Waals surface area contributed by atoms with Crippen LogP contribution >= 0.6 is 0 Å². The number of carbonyl (C=O) groups excluding carboxylic acids is 2. The Morgan fingerprint density at radius 2 is 1.00 bits per heavy atom. The summed E-state index contributed by atoms with van der Waals surface area (Å²) in [4.78, 5) is 20.6. The minimum Gasteiger partial charge on any atom is -0.870 e. The molecule has 10 heavy (non-hydrogen) atoms. The van der Waals surface area contributed by atoms with Crippen LogP contribution in [-0.2, 0) is 9.59 Å². The van der Waals surface area contributed by atoms with Crippen LogP contribution in [0.2, 0.25) is 0 Å². The van der Waals surface area contributed by atoms with Crippen LogP contribution in [0.3, 0.4) is 0 Å². The topological polar surface area (TPSA) is 64.1 Å². The van der Waals surface area contributed by atoms with E-state index >= 15 is 0 Å². The third-order valence-corrected chi connectivity index (χ3v) is 0.824. The van der Waals surface area contributed by atoms with Crippen molar-refractivity contribution >= 4 is 11.6 Å². The normalized spacial score (nSPS) is 14.0. The maximum Gasteiger partial charge on any atom is 1.00 e. The van der Waals surface area contributed by atoms with Gasteiger partial charge in [-0.05, 0) is 24.3 Å². The fourth-order valence-corrected chi connectivity index (χ4v) is 0.440. The third kappa shape index (κ3) is 3.74. The Balaban J connectivity index is 0. The number of hydrogen-bond donors (Lipinski definition) is 0. The quantitative estimate of drug-likeness (QED) is 0.273. The molecule has 1 N–H and O–H groups in total. The van der Waals surface area contributed by atoms with E-state index in [0.717, 1.165) is 0 Å².